The number of carbonyl (C=O) groups excluding carboxylic acids is 1. The predicted molar refractivity (Wildman–Crippen MR) is 92.6 cm³/mol. The van der Waals surface area contributed by atoms with Crippen LogP contribution in [0.1, 0.15) is 66.3 Å². The zero-order chi connectivity index (χ0) is 17.8. The number of carbonyl (C=O) groups is 2. The minimum Gasteiger partial charge on any atom is -0.478 e. The van der Waals surface area contributed by atoms with E-state index in [0.29, 0.717) is 12.5 Å². The molecule has 1 N–H and O–H groups in total. The molecule has 1 aromatic rings. The van der Waals surface area contributed by atoms with Crippen LogP contribution in [0, 0.1) is 5.92 Å². The van der Waals surface area contributed by atoms with Crippen LogP contribution in [-0.4, -0.2) is 52.2 Å². The Hall–Kier alpha value is -1.95. The van der Waals surface area contributed by atoms with Crippen LogP contribution in [-0.2, 0) is 4.74 Å². The van der Waals surface area contributed by atoms with Crippen molar-refractivity contribution >= 4 is 11.9 Å². The van der Waals surface area contributed by atoms with Crippen LogP contribution < -0.4 is 0 Å². The Bertz CT molecular complexity index is 620. The highest BCUT2D eigenvalue weighted by Gasteiger charge is 2.32. The molecule has 2 aliphatic rings. The maximum atomic E-state index is 13.1. The smallest absolute Gasteiger partial charge is 0.335 e. The fourth-order valence-electron chi connectivity index (χ4n) is 3.79. The molecule has 0 spiro atoms. The maximum absolute atomic E-state index is 13.1. The Labute approximate surface area is 148 Å². The summed E-state index contributed by atoms with van der Waals surface area (Å²) in [6, 6.07) is 2.97. The van der Waals surface area contributed by atoms with Gasteiger partial charge in [0.25, 0.3) is 5.91 Å². The Balaban J connectivity index is 1.80. The quantitative estimate of drug-likeness (QED) is 0.886. The van der Waals surface area contributed by atoms with Gasteiger partial charge in [0.2, 0.25) is 0 Å². The molecule has 1 aliphatic carbocycles. The monoisotopic (exact) mass is 346 g/mol. The molecule has 0 bridgehead atoms. The number of aromatic nitrogens is 1. The lowest BCUT2D eigenvalue weighted by Gasteiger charge is -2.37. The number of ether oxygens (including phenoxy) is 1. The number of rotatable bonds is 5. The molecule has 0 radical (unpaired) electrons. The van der Waals surface area contributed by atoms with E-state index in [0.717, 1.165) is 45.1 Å². The Kier molecular flexibility index (Phi) is 5.68. The van der Waals surface area contributed by atoms with Crippen LogP contribution in [0.15, 0.2) is 18.3 Å². The molecule has 6 nitrogen and oxygen atoms in total. The van der Waals surface area contributed by atoms with E-state index in [2.05, 4.69) is 11.9 Å². The van der Waals surface area contributed by atoms with Gasteiger partial charge in [0.05, 0.1) is 11.7 Å². The first-order valence-electron chi connectivity index (χ1n) is 9.16. The van der Waals surface area contributed by atoms with Gasteiger partial charge in [-0.05, 0) is 56.6 Å². The second kappa shape index (κ2) is 7.95. The Morgan fingerprint density at radius 2 is 2.04 bits per heavy atom. The Morgan fingerprint density at radius 3 is 2.68 bits per heavy atom. The van der Waals surface area contributed by atoms with Crippen LogP contribution in [0.4, 0.5) is 0 Å². The van der Waals surface area contributed by atoms with Gasteiger partial charge in [-0.25, -0.2) is 4.79 Å². The highest BCUT2D eigenvalue weighted by molar-refractivity contribution is 5.96. The lowest BCUT2D eigenvalue weighted by molar-refractivity contribution is 0.0337. The Morgan fingerprint density at radius 1 is 1.28 bits per heavy atom. The average molecular weight is 346 g/mol. The summed E-state index contributed by atoms with van der Waals surface area (Å²) in [5, 5.41) is 9.16. The van der Waals surface area contributed by atoms with Crippen LogP contribution in [0.3, 0.4) is 0 Å². The van der Waals surface area contributed by atoms with Crippen molar-refractivity contribution in [3.8, 4) is 0 Å². The molecule has 1 amide bonds. The molecule has 25 heavy (non-hydrogen) atoms. The van der Waals surface area contributed by atoms with Gasteiger partial charge in [-0.3, -0.25) is 9.78 Å². The van der Waals surface area contributed by atoms with Crippen LogP contribution in [0.25, 0.3) is 0 Å². The maximum Gasteiger partial charge on any atom is 0.335 e. The van der Waals surface area contributed by atoms with E-state index in [4.69, 9.17) is 9.84 Å². The molecule has 0 aromatic carbocycles. The van der Waals surface area contributed by atoms with Gasteiger partial charge in [-0.15, -0.1) is 0 Å². The number of hydrogen-bond acceptors (Lipinski definition) is 4. The lowest BCUT2D eigenvalue weighted by atomic mass is 9.86. The number of carboxylic acids is 1. The van der Waals surface area contributed by atoms with Gasteiger partial charge in [0.15, 0.2) is 0 Å². The van der Waals surface area contributed by atoms with Gasteiger partial charge < -0.3 is 14.7 Å². The molecule has 1 unspecified atom stereocenters. The molecule has 3 rings (SSSR count). The average Bonchev–Trinajstić information content (AvgIpc) is 3.13. The summed E-state index contributed by atoms with van der Waals surface area (Å²) in [6.07, 6.45) is 7.66. The minimum atomic E-state index is -1.05. The third kappa shape index (κ3) is 4.37. The van der Waals surface area contributed by atoms with Crippen LogP contribution >= 0.6 is 0 Å². The van der Waals surface area contributed by atoms with Gasteiger partial charge in [-0.2, -0.15) is 0 Å². The van der Waals surface area contributed by atoms with Crippen molar-refractivity contribution in [3.05, 3.63) is 29.6 Å². The molecule has 2 heterocycles. The highest BCUT2D eigenvalue weighted by Crippen LogP contribution is 2.29. The summed E-state index contributed by atoms with van der Waals surface area (Å²) in [6.45, 7) is 3.57. The van der Waals surface area contributed by atoms with Crippen molar-refractivity contribution in [2.45, 2.75) is 57.6 Å². The number of amides is 1. The molecule has 1 aromatic heterocycles. The molecule has 1 saturated carbocycles. The molecule has 136 valence electrons. The van der Waals surface area contributed by atoms with Gasteiger partial charge in [0.1, 0.15) is 5.69 Å². The van der Waals surface area contributed by atoms with E-state index < -0.39 is 5.97 Å². The molecular weight excluding hydrogens is 320 g/mol. The van der Waals surface area contributed by atoms with Crippen LogP contribution in [0.2, 0.25) is 0 Å². The predicted octanol–water partition coefficient (Wildman–Crippen LogP) is 2.98. The van der Waals surface area contributed by atoms with Crippen LogP contribution in [0.5, 0.6) is 0 Å². The topological polar surface area (TPSA) is 79.7 Å². The van der Waals surface area contributed by atoms with Crippen molar-refractivity contribution in [1.82, 2.24) is 9.88 Å². The number of pyridine rings is 1. The fraction of sp³-hybridized carbons (Fsp3) is 0.632. The summed E-state index contributed by atoms with van der Waals surface area (Å²) >= 11 is 0. The van der Waals surface area contributed by atoms with Gasteiger partial charge >= 0.3 is 5.97 Å². The normalized spacial score (nSPS) is 26.4. The largest absolute Gasteiger partial charge is 0.478 e. The molecule has 1 aliphatic heterocycles. The fourth-order valence-corrected chi connectivity index (χ4v) is 3.79. The van der Waals surface area contributed by atoms with E-state index >= 15 is 0 Å². The molecule has 1 atom stereocenters. The first kappa shape index (κ1) is 17.9. The zero-order valence-corrected chi connectivity index (χ0v) is 14.7. The third-order valence-corrected chi connectivity index (χ3v) is 5.34. The minimum absolute atomic E-state index is 0.0750. The van der Waals surface area contributed by atoms with Crippen molar-refractivity contribution in [3.63, 3.8) is 0 Å². The van der Waals surface area contributed by atoms with Gasteiger partial charge in [-0.1, -0.05) is 6.92 Å². The van der Waals surface area contributed by atoms with E-state index in [1.807, 2.05) is 4.90 Å². The summed E-state index contributed by atoms with van der Waals surface area (Å²) in [5.41, 5.74) is 0.296. The van der Waals surface area contributed by atoms with Crippen molar-refractivity contribution in [2.75, 3.05) is 13.2 Å². The van der Waals surface area contributed by atoms with E-state index in [9.17, 15) is 9.59 Å². The van der Waals surface area contributed by atoms with E-state index in [-0.39, 0.29) is 29.3 Å². The van der Waals surface area contributed by atoms with Gasteiger partial charge in [0, 0.05) is 25.4 Å². The SMILES string of the molecule is CC1CCC(N(CC2CCCO2)C(=O)c2cc(C(=O)O)ccn2)CC1. The third-order valence-electron chi connectivity index (χ3n) is 5.34. The second-order valence-corrected chi connectivity index (χ2v) is 7.24. The summed E-state index contributed by atoms with van der Waals surface area (Å²) in [4.78, 5) is 30.3. The highest BCUT2D eigenvalue weighted by atomic mass is 16.5. The molecule has 2 fully saturated rings. The zero-order valence-electron chi connectivity index (χ0n) is 14.7. The van der Waals surface area contributed by atoms with Crippen molar-refractivity contribution in [1.29, 1.82) is 0 Å². The molecule has 6 heteroatoms. The number of hydrogen-bond donors (Lipinski definition) is 1. The number of aromatic carboxylic acids is 1. The standard InChI is InChI=1S/C19H26N2O4/c1-13-4-6-15(7-5-13)21(12-16-3-2-10-25-16)18(22)17-11-14(19(23)24)8-9-20-17/h8-9,11,13,15-16H,2-7,10,12H2,1H3,(H,23,24). The van der Waals surface area contributed by atoms with Crippen molar-refractivity contribution < 1.29 is 19.4 Å². The molecular formula is C19H26N2O4. The molecule has 1 saturated heterocycles. The number of carboxylic acid groups (broad SMARTS) is 1. The first-order valence-corrected chi connectivity index (χ1v) is 9.16. The summed E-state index contributed by atoms with van der Waals surface area (Å²) in [5.74, 6) is -0.531. The van der Waals surface area contributed by atoms with E-state index in [1.165, 1.54) is 18.3 Å². The van der Waals surface area contributed by atoms with E-state index in [1.54, 1.807) is 0 Å². The first-order chi connectivity index (χ1) is 12.0. The van der Waals surface area contributed by atoms with Crippen molar-refractivity contribution in [2.24, 2.45) is 5.92 Å². The second-order valence-electron chi connectivity index (χ2n) is 7.24. The summed E-state index contributed by atoms with van der Waals surface area (Å²) < 4.78 is 5.73. The lowest BCUT2D eigenvalue weighted by Crippen LogP contribution is -2.46. The number of nitrogens with zero attached hydrogens (tertiary/aromatic N) is 2. The summed E-state index contributed by atoms with van der Waals surface area (Å²) in [7, 11) is 0.